The number of hydrogen-bond donors (Lipinski definition) is 1. The smallest absolute Gasteiger partial charge is 0.119 e. The molecule has 0 amide bonds. The lowest BCUT2D eigenvalue weighted by Gasteiger charge is -2.01. The third-order valence-electron chi connectivity index (χ3n) is 1.41. The van der Waals surface area contributed by atoms with Crippen molar-refractivity contribution in [3.63, 3.8) is 0 Å². The maximum absolute atomic E-state index is 11.6. The lowest BCUT2D eigenvalue weighted by molar-refractivity contribution is 0.329. The van der Waals surface area contributed by atoms with Crippen molar-refractivity contribution < 1.29 is 9.22 Å². The molecule has 12 heavy (non-hydrogen) atoms. The Balaban J connectivity index is 0.00000121. The minimum Gasteiger partial charge on any atom is -0.497 e. The molecule has 0 aliphatic carbocycles. The average molecular weight is 192 g/mol. The van der Waals surface area contributed by atoms with Gasteiger partial charge in [-0.05, 0) is 17.7 Å². The van der Waals surface area contributed by atoms with Crippen molar-refractivity contribution in [2.24, 2.45) is 0 Å². The topological polar surface area (TPSA) is 21.3 Å². The van der Waals surface area contributed by atoms with Gasteiger partial charge in [0.1, 0.15) is 5.75 Å². The van der Waals surface area contributed by atoms with Crippen LogP contribution in [0.2, 0.25) is 0 Å². The van der Waals surface area contributed by atoms with E-state index in [1.165, 1.54) is 0 Å². The fraction of sp³-hybridized carbons (Fsp3) is 0.250. The molecule has 0 bridgehead atoms. The summed E-state index contributed by atoms with van der Waals surface area (Å²) in [6.45, 7) is 0.219. The van der Waals surface area contributed by atoms with E-state index in [9.17, 15) is 4.48 Å². The summed E-state index contributed by atoms with van der Waals surface area (Å²) >= 11 is 0. The van der Waals surface area contributed by atoms with E-state index in [4.69, 9.17) is 4.74 Å². The van der Waals surface area contributed by atoms with Crippen LogP contribution in [-0.2, 0) is 6.54 Å². The Morgan fingerprint density at radius 3 is 2.83 bits per heavy atom. The van der Waals surface area contributed by atoms with Crippen LogP contribution in [0.3, 0.4) is 0 Å². The number of benzene rings is 1. The summed E-state index contributed by atoms with van der Waals surface area (Å²) in [4.78, 5) is 0. The summed E-state index contributed by atoms with van der Waals surface area (Å²) in [7, 11) is 1.59. The molecule has 1 aromatic carbocycles. The highest BCUT2D eigenvalue weighted by atomic mass is 35.5. The van der Waals surface area contributed by atoms with Gasteiger partial charge in [0.15, 0.2) is 0 Å². The van der Waals surface area contributed by atoms with E-state index in [-0.39, 0.29) is 19.0 Å². The number of ether oxygens (including phenoxy) is 1. The molecule has 1 rings (SSSR count). The predicted molar refractivity (Wildman–Crippen MR) is 48.2 cm³/mol. The van der Waals surface area contributed by atoms with Gasteiger partial charge >= 0.3 is 0 Å². The molecule has 0 saturated heterocycles. The highest BCUT2D eigenvalue weighted by Crippen LogP contribution is 2.11. The largest absolute Gasteiger partial charge is 0.497 e. The lowest BCUT2D eigenvalue weighted by atomic mass is 10.2. The van der Waals surface area contributed by atoms with Crippen LogP contribution in [0, 0.1) is 0 Å². The van der Waals surface area contributed by atoms with E-state index in [0.29, 0.717) is 0 Å². The van der Waals surface area contributed by atoms with Gasteiger partial charge in [0.2, 0.25) is 0 Å². The molecule has 0 saturated carbocycles. The monoisotopic (exact) mass is 191 g/mol. The molecular formula is C8H11ClFNO. The van der Waals surface area contributed by atoms with Gasteiger partial charge in [-0.1, -0.05) is 12.1 Å². The molecule has 4 heteroatoms. The molecule has 0 spiro atoms. The fourth-order valence-corrected chi connectivity index (χ4v) is 0.860. The van der Waals surface area contributed by atoms with Crippen LogP contribution in [0.1, 0.15) is 5.56 Å². The van der Waals surface area contributed by atoms with Crippen molar-refractivity contribution in [2.45, 2.75) is 6.54 Å². The summed E-state index contributed by atoms with van der Waals surface area (Å²) in [6.07, 6.45) is 0. The zero-order chi connectivity index (χ0) is 8.10. The summed E-state index contributed by atoms with van der Waals surface area (Å²) in [5, 5.41) is 0. The zero-order valence-electron chi connectivity index (χ0n) is 6.71. The molecule has 1 N–H and O–H groups in total. The first-order valence-electron chi connectivity index (χ1n) is 3.33. The van der Waals surface area contributed by atoms with Crippen LogP contribution in [-0.4, -0.2) is 7.11 Å². The Hall–Kier alpha value is -0.800. The lowest BCUT2D eigenvalue weighted by Crippen LogP contribution is -1.99. The molecule has 68 valence electrons. The van der Waals surface area contributed by atoms with E-state index < -0.39 is 0 Å². The molecule has 0 fully saturated rings. The third kappa shape index (κ3) is 3.07. The van der Waals surface area contributed by atoms with Crippen LogP contribution in [0.15, 0.2) is 24.3 Å². The van der Waals surface area contributed by atoms with Crippen LogP contribution >= 0.6 is 12.4 Å². The van der Waals surface area contributed by atoms with Crippen molar-refractivity contribution in [1.29, 1.82) is 0 Å². The minimum atomic E-state index is 0. The van der Waals surface area contributed by atoms with Gasteiger partial charge in [-0.3, -0.25) is 0 Å². The average Bonchev–Trinajstić information content (AvgIpc) is 2.06. The number of methoxy groups -OCH3 is 1. The predicted octanol–water partition coefficient (Wildman–Crippen LogP) is 2.09. The summed E-state index contributed by atoms with van der Waals surface area (Å²) in [5.74, 6) is 0.748. The molecule has 0 aromatic heterocycles. The second kappa shape index (κ2) is 5.80. The maximum atomic E-state index is 11.6. The van der Waals surface area contributed by atoms with Crippen molar-refractivity contribution in [3.05, 3.63) is 29.8 Å². The van der Waals surface area contributed by atoms with Gasteiger partial charge in [-0.2, -0.15) is 5.54 Å². The zero-order valence-corrected chi connectivity index (χ0v) is 7.53. The standard InChI is InChI=1S/C8H10FNO.ClH/c1-11-8-4-2-3-7(5-8)6-10-9;/h2-5,10H,6H2,1H3;1H. The third-order valence-corrected chi connectivity index (χ3v) is 1.41. The molecule has 0 aliphatic rings. The highest BCUT2D eigenvalue weighted by molar-refractivity contribution is 5.85. The second-order valence-corrected chi connectivity index (χ2v) is 2.16. The molecule has 1 aromatic rings. The Morgan fingerprint density at radius 2 is 2.25 bits per heavy atom. The van der Waals surface area contributed by atoms with Crippen molar-refractivity contribution >= 4 is 12.4 Å². The van der Waals surface area contributed by atoms with Crippen LogP contribution in [0.4, 0.5) is 4.48 Å². The van der Waals surface area contributed by atoms with E-state index in [1.54, 1.807) is 18.7 Å². The van der Waals surface area contributed by atoms with Crippen molar-refractivity contribution in [3.8, 4) is 5.75 Å². The molecule has 2 nitrogen and oxygen atoms in total. The number of hydrogen-bond acceptors (Lipinski definition) is 2. The van der Waals surface area contributed by atoms with Crippen LogP contribution in [0.25, 0.3) is 0 Å². The normalized spacial score (nSPS) is 8.83. The fourth-order valence-electron chi connectivity index (χ4n) is 0.860. The SMILES string of the molecule is COc1cccc(CNF)c1.Cl. The number of rotatable bonds is 3. The second-order valence-electron chi connectivity index (χ2n) is 2.16. The van der Waals surface area contributed by atoms with Gasteiger partial charge < -0.3 is 4.74 Å². The Labute approximate surface area is 77.1 Å². The quantitative estimate of drug-likeness (QED) is 0.739. The summed E-state index contributed by atoms with van der Waals surface area (Å²) in [6, 6.07) is 7.26. The summed E-state index contributed by atoms with van der Waals surface area (Å²) < 4.78 is 16.6. The molecule has 0 unspecified atom stereocenters. The van der Waals surface area contributed by atoms with Gasteiger partial charge in [-0.15, -0.1) is 16.9 Å². The van der Waals surface area contributed by atoms with Gasteiger partial charge in [-0.25, -0.2) is 0 Å². The first-order valence-corrected chi connectivity index (χ1v) is 3.33. The Morgan fingerprint density at radius 1 is 1.50 bits per heavy atom. The number of nitrogens with one attached hydrogen (secondary N) is 1. The molecule has 0 radical (unpaired) electrons. The van der Waals surface area contributed by atoms with Crippen molar-refractivity contribution in [2.75, 3.05) is 7.11 Å². The molecule has 0 aliphatic heterocycles. The van der Waals surface area contributed by atoms with E-state index >= 15 is 0 Å². The van der Waals surface area contributed by atoms with Gasteiger partial charge in [0.05, 0.1) is 13.7 Å². The Kier molecular flexibility index (Phi) is 5.41. The van der Waals surface area contributed by atoms with Crippen molar-refractivity contribution in [1.82, 2.24) is 5.54 Å². The molecular weight excluding hydrogens is 181 g/mol. The van der Waals surface area contributed by atoms with E-state index in [2.05, 4.69) is 0 Å². The number of halogens is 2. The Bertz CT molecular complexity index is 232. The highest BCUT2D eigenvalue weighted by Gasteiger charge is 1.93. The van der Waals surface area contributed by atoms with Gasteiger partial charge in [0.25, 0.3) is 0 Å². The van der Waals surface area contributed by atoms with E-state index in [1.807, 2.05) is 18.2 Å². The maximum Gasteiger partial charge on any atom is 0.119 e. The minimum absolute atomic E-state index is 0. The molecule has 0 heterocycles. The van der Waals surface area contributed by atoms with E-state index in [0.717, 1.165) is 11.3 Å². The van der Waals surface area contributed by atoms with Crippen LogP contribution < -0.4 is 10.3 Å². The molecule has 0 atom stereocenters. The van der Waals surface area contributed by atoms with Gasteiger partial charge in [0, 0.05) is 0 Å². The van der Waals surface area contributed by atoms with Crippen LogP contribution in [0.5, 0.6) is 5.75 Å². The first-order chi connectivity index (χ1) is 5.36. The first kappa shape index (κ1) is 11.2. The summed E-state index contributed by atoms with van der Waals surface area (Å²) in [5.41, 5.74) is 2.45.